The number of nitrogens with one attached hydrogen (secondary N) is 1. The van der Waals surface area contributed by atoms with Crippen LogP contribution in [0.15, 0.2) is 12.4 Å². The molecular weight excluding hydrogens is 389 g/mol. The maximum atomic E-state index is 13.0. The summed E-state index contributed by atoms with van der Waals surface area (Å²) in [5.74, 6) is -3.87. The summed E-state index contributed by atoms with van der Waals surface area (Å²) in [4.78, 5) is 19.9. The lowest BCUT2D eigenvalue weighted by Crippen LogP contribution is -2.54. The molecule has 0 aliphatic heterocycles. The highest BCUT2D eigenvalue weighted by molar-refractivity contribution is 5.77. The van der Waals surface area contributed by atoms with E-state index in [2.05, 4.69) is 15.3 Å². The minimum atomic E-state index is -4.56. The van der Waals surface area contributed by atoms with Crippen molar-refractivity contribution < 1.29 is 36.6 Å². The molecule has 11 heteroatoms. The lowest BCUT2D eigenvalue weighted by atomic mass is 9.74. The number of alkyl halides is 5. The first-order chi connectivity index (χ1) is 12.9. The lowest BCUT2D eigenvalue weighted by Gasteiger charge is -2.42. The fourth-order valence-corrected chi connectivity index (χ4v) is 3.26. The van der Waals surface area contributed by atoms with Crippen LogP contribution in [0.5, 0.6) is 5.88 Å². The van der Waals surface area contributed by atoms with Crippen LogP contribution in [0.1, 0.15) is 50.8 Å². The van der Waals surface area contributed by atoms with E-state index in [1.165, 1.54) is 6.07 Å². The number of hydrogen-bond donors (Lipinski definition) is 2. The Morgan fingerprint density at radius 1 is 1.36 bits per heavy atom. The molecule has 1 unspecified atom stereocenters. The zero-order chi connectivity index (χ0) is 20.7. The zero-order valence-electron chi connectivity index (χ0n) is 15.0. The molecule has 0 spiro atoms. The topological polar surface area (TPSA) is 84.3 Å². The molecule has 1 heterocycles. The highest BCUT2D eigenvalue weighted by Crippen LogP contribution is 2.47. The van der Waals surface area contributed by atoms with Crippen molar-refractivity contribution in [3.05, 3.63) is 18.1 Å². The monoisotopic (exact) mass is 409 g/mol. The number of amides is 1. The Balaban J connectivity index is 1.66. The Labute approximate surface area is 157 Å². The first kappa shape index (κ1) is 20.7. The van der Waals surface area contributed by atoms with Crippen LogP contribution in [0, 0.1) is 5.92 Å². The number of carbonyl (C=O) groups excluding carboxylic acids is 1. The predicted molar refractivity (Wildman–Crippen MR) is 85.5 cm³/mol. The van der Waals surface area contributed by atoms with Crippen molar-refractivity contribution >= 4 is 5.91 Å². The zero-order valence-corrected chi connectivity index (χ0v) is 15.0. The van der Waals surface area contributed by atoms with Crippen molar-refractivity contribution in [3.8, 4) is 5.88 Å². The van der Waals surface area contributed by atoms with E-state index in [0.29, 0.717) is 0 Å². The highest BCUT2D eigenvalue weighted by Gasteiger charge is 2.56. The Bertz CT molecular complexity index is 731. The van der Waals surface area contributed by atoms with Crippen molar-refractivity contribution in [2.45, 2.75) is 68.9 Å². The standard InChI is InChI=1S/C17H20F5N3O3/c1-9(17(20,21)22)28-13-4-11(23-8-24-13)14(10-2-3-10)25-12(26)5-15(27)6-16(18,19)7-15/h4,8-10,14,27H,2-3,5-7H2,1H3,(H,25,26)/t9-,14?/m1/s1. The van der Waals surface area contributed by atoms with E-state index in [1.54, 1.807) is 0 Å². The van der Waals surface area contributed by atoms with Gasteiger partial charge in [-0.3, -0.25) is 4.79 Å². The summed E-state index contributed by atoms with van der Waals surface area (Å²) in [6, 6.07) is 0.598. The van der Waals surface area contributed by atoms with E-state index in [-0.39, 0.29) is 17.5 Å². The van der Waals surface area contributed by atoms with Gasteiger partial charge in [0.25, 0.3) is 5.92 Å². The van der Waals surface area contributed by atoms with Crippen molar-refractivity contribution in [3.63, 3.8) is 0 Å². The molecule has 2 fully saturated rings. The summed E-state index contributed by atoms with van der Waals surface area (Å²) in [5.41, 5.74) is -1.48. The van der Waals surface area contributed by atoms with Crippen LogP contribution in [0.3, 0.4) is 0 Å². The molecule has 0 aromatic carbocycles. The molecule has 6 nitrogen and oxygen atoms in total. The van der Waals surface area contributed by atoms with Gasteiger partial charge in [-0.05, 0) is 25.7 Å². The van der Waals surface area contributed by atoms with Gasteiger partial charge in [0.15, 0.2) is 6.10 Å². The number of halogens is 5. The van der Waals surface area contributed by atoms with Gasteiger partial charge in [0.05, 0.1) is 23.8 Å². The third kappa shape index (κ3) is 5.06. The Morgan fingerprint density at radius 2 is 2.00 bits per heavy atom. The van der Waals surface area contributed by atoms with Gasteiger partial charge in [-0.1, -0.05) is 0 Å². The van der Waals surface area contributed by atoms with Crippen LogP contribution in [0.2, 0.25) is 0 Å². The number of rotatable bonds is 7. The highest BCUT2D eigenvalue weighted by atomic mass is 19.4. The number of aliphatic hydroxyl groups is 1. The van der Waals surface area contributed by atoms with E-state index in [0.717, 1.165) is 26.1 Å². The number of carbonyl (C=O) groups is 1. The van der Waals surface area contributed by atoms with Gasteiger partial charge in [-0.25, -0.2) is 18.7 Å². The van der Waals surface area contributed by atoms with Gasteiger partial charge in [0.1, 0.15) is 6.33 Å². The average molecular weight is 409 g/mol. The molecule has 1 aromatic heterocycles. The Kier molecular flexibility index (Phi) is 5.24. The van der Waals surface area contributed by atoms with Gasteiger partial charge in [0, 0.05) is 18.9 Å². The maximum Gasteiger partial charge on any atom is 0.425 e. The summed E-state index contributed by atoms with van der Waals surface area (Å²) in [6.45, 7) is 0.844. The summed E-state index contributed by atoms with van der Waals surface area (Å²) in [6.07, 6.45) is -6.08. The molecule has 3 rings (SSSR count). The first-order valence-corrected chi connectivity index (χ1v) is 8.82. The van der Waals surface area contributed by atoms with Crippen molar-refractivity contribution in [2.75, 3.05) is 0 Å². The fourth-order valence-electron chi connectivity index (χ4n) is 3.26. The molecule has 1 amide bonds. The van der Waals surface area contributed by atoms with Crippen LogP contribution < -0.4 is 10.1 Å². The second-order valence-electron chi connectivity index (χ2n) is 7.58. The largest absolute Gasteiger partial charge is 0.465 e. The van der Waals surface area contributed by atoms with Gasteiger partial charge >= 0.3 is 6.18 Å². The smallest absolute Gasteiger partial charge is 0.425 e. The second kappa shape index (κ2) is 7.09. The second-order valence-corrected chi connectivity index (χ2v) is 7.58. The summed E-state index contributed by atoms with van der Waals surface area (Å²) in [7, 11) is 0. The van der Waals surface area contributed by atoms with Crippen LogP contribution >= 0.6 is 0 Å². The predicted octanol–water partition coefficient (Wildman–Crippen LogP) is 2.92. The quantitative estimate of drug-likeness (QED) is 0.677. The molecular formula is C17H20F5N3O3. The van der Waals surface area contributed by atoms with Gasteiger partial charge < -0.3 is 15.2 Å². The molecule has 0 radical (unpaired) electrons. The Hall–Kier alpha value is -2.04. The molecule has 0 saturated heterocycles. The lowest BCUT2D eigenvalue weighted by molar-refractivity contribution is -0.207. The number of hydrogen-bond acceptors (Lipinski definition) is 5. The third-order valence-electron chi connectivity index (χ3n) is 4.82. The SMILES string of the molecule is C[C@@H](Oc1cc(C(NC(=O)CC2(O)CC(F)(F)C2)C2CC2)ncn1)C(F)(F)F. The number of aromatic nitrogens is 2. The molecule has 2 saturated carbocycles. The van der Waals surface area contributed by atoms with Gasteiger partial charge in [-0.15, -0.1) is 0 Å². The molecule has 1 aromatic rings. The van der Waals surface area contributed by atoms with Crippen LogP contribution in [0.4, 0.5) is 22.0 Å². The Morgan fingerprint density at radius 3 is 2.54 bits per heavy atom. The van der Waals surface area contributed by atoms with Crippen molar-refractivity contribution in [1.29, 1.82) is 0 Å². The van der Waals surface area contributed by atoms with E-state index in [9.17, 15) is 31.9 Å². The summed E-state index contributed by atoms with van der Waals surface area (Å²) in [5, 5.41) is 12.6. The van der Waals surface area contributed by atoms with Crippen LogP contribution in [0.25, 0.3) is 0 Å². The van der Waals surface area contributed by atoms with Crippen LogP contribution in [-0.2, 0) is 4.79 Å². The third-order valence-corrected chi connectivity index (χ3v) is 4.82. The van der Waals surface area contributed by atoms with E-state index in [4.69, 9.17) is 4.74 Å². The normalized spacial score (nSPS) is 22.7. The molecule has 28 heavy (non-hydrogen) atoms. The molecule has 2 N–H and O–H groups in total. The van der Waals surface area contributed by atoms with Crippen LogP contribution in [-0.4, -0.2) is 44.8 Å². The van der Waals surface area contributed by atoms with Crippen molar-refractivity contribution in [1.82, 2.24) is 15.3 Å². The first-order valence-electron chi connectivity index (χ1n) is 8.82. The summed E-state index contributed by atoms with van der Waals surface area (Å²) < 4.78 is 68.7. The molecule has 2 aliphatic carbocycles. The van der Waals surface area contributed by atoms with Crippen molar-refractivity contribution in [2.24, 2.45) is 5.92 Å². The molecule has 0 bridgehead atoms. The van der Waals surface area contributed by atoms with E-state index >= 15 is 0 Å². The van der Waals surface area contributed by atoms with Gasteiger partial charge in [-0.2, -0.15) is 13.2 Å². The maximum absolute atomic E-state index is 13.0. The number of nitrogens with zero attached hydrogens (tertiary/aromatic N) is 2. The van der Waals surface area contributed by atoms with E-state index in [1.807, 2.05) is 0 Å². The fraction of sp³-hybridized carbons (Fsp3) is 0.706. The minimum Gasteiger partial charge on any atom is -0.465 e. The molecule has 2 aliphatic rings. The number of ether oxygens (including phenoxy) is 1. The molecule has 2 atom stereocenters. The van der Waals surface area contributed by atoms with Gasteiger partial charge in [0.2, 0.25) is 11.8 Å². The minimum absolute atomic E-state index is 0.0178. The van der Waals surface area contributed by atoms with E-state index < -0.39 is 55.0 Å². The summed E-state index contributed by atoms with van der Waals surface area (Å²) >= 11 is 0. The average Bonchev–Trinajstić information content (AvgIpc) is 3.34. The molecule has 156 valence electrons.